The van der Waals surface area contributed by atoms with Crippen LogP contribution in [0, 0.1) is 0 Å². The summed E-state index contributed by atoms with van der Waals surface area (Å²) >= 11 is 0. The third-order valence-electron chi connectivity index (χ3n) is 2.06. The average Bonchev–Trinajstić information content (AvgIpc) is 2.62. The van der Waals surface area contributed by atoms with E-state index in [2.05, 4.69) is 15.2 Å². The SMILES string of the molecule is Nc1cc(-c2nc(N)n[nH]2)cc(C(F)(F)F)c1. The van der Waals surface area contributed by atoms with Gasteiger partial charge in [-0.3, -0.25) is 5.10 Å². The van der Waals surface area contributed by atoms with Gasteiger partial charge in [0, 0.05) is 11.3 Å². The van der Waals surface area contributed by atoms with Crippen molar-refractivity contribution in [1.29, 1.82) is 0 Å². The highest BCUT2D eigenvalue weighted by Gasteiger charge is 2.31. The van der Waals surface area contributed by atoms with Gasteiger partial charge in [-0.15, -0.1) is 5.10 Å². The third kappa shape index (κ3) is 2.30. The Balaban J connectivity index is 2.52. The lowest BCUT2D eigenvalue weighted by Crippen LogP contribution is -2.06. The van der Waals surface area contributed by atoms with E-state index in [4.69, 9.17) is 11.5 Å². The molecule has 8 heteroatoms. The van der Waals surface area contributed by atoms with E-state index >= 15 is 0 Å². The lowest BCUT2D eigenvalue weighted by molar-refractivity contribution is -0.137. The predicted octanol–water partition coefficient (Wildman–Crippen LogP) is 1.65. The first-order valence-corrected chi connectivity index (χ1v) is 4.52. The quantitative estimate of drug-likeness (QED) is 0.664. The maximum Gasteiger partial charge on any atom is 0.416 e. The zero-order valence-electron chi connectivity index (χ0n) is 8.42. The predicted molar refractivity (Wildman–Crippen MR) is 55.6 cm³/mol. The maximum atomic E-state index is 12.5. The molecule has 1 aromatic heterocycles. The molecular weight excluding hydrogens is 235 g/mol. The lowest BCUT2D eigenvalue weighted by Gasteiger charge is -2.09. The minimum Gasteiger partial charge on any atom is -0.399 e. The molecule has 0 aliphatic heterocycles. The van der Waals surface area contributed by atoms with Crippen LogP contribution in [0.25, 0.3) is 11.4 Å². The maximum absolute atomic E-state index is 12.5. The van der Waals surface area contributed by atoms with Crippen molar-refractivity contribution >= 4 is 11.6 Å². The van der Waals surface area contributed by atoms with Gasteiger partial charge >= 0.3 is 6.18 Å². The first kappa shape index (κ1) is 11.2. The minimum atomic E-state index is -4.46. The molecule has 0 saturated heterocycles. The van der Waals surface area contributed by atoms with Gasteiger partial charge in [0.15, 0.2) is 5.82 Å². The smallest absolute Gasteiger partial charge is 0.399 e. The van der Waals surface area contributed by atoms with E-state index in [1.54, 1.807) is 0 Å². The van der Waals surface area contributed by atoms with Crippen LogP contribution >= 0.6 is 0 Å². The molecule has 1 heterocycles. The first-order chi connectivity index (χ1) is 7.86. The number of nitrogen functional groups attached to an aromatic ring is 2. The molecule has 0 amide bonds. The summed E-state index contributed by atoms with van der Waals surface area (Å²) in [6.07, 6.45) is -4.46. The van der Waals surface area contributed by atoms with Crippen LogP contribution in [0.1, 0.15) is 5.56 Å². The third-order valence-corrected chi connectivity index (χ3v) is 2.06. The number of benzene rings is 1. The first-order valence-electron chi connectivity index (χ1n) is 4.52. The second-order valence-corrected chi connectivity index (χ2v) is 3.38. The molecule has 5 N–H and O–H groups in total. The molecule has 2 rings (SSSR count). The number of nitrogens with one attached hydrogen (secondary N) is 1. The van der Waals surface area contributed by atoms with Crippen LogP contribution in [0.4, 0.5) is 24.8 Å². The number of rotatable bonds is 1. The number of aromatic amines is 1. The van der Waals surface area contributed by atoms with Crippen molar-refractivity contribution in [2.45, 2.75) is 6.18 Å². The Morgan fingerprint density at radius 1 is 1.12 bits per heavy atom. The Hall–Kier alpha value is -2.25. The average molecular weight is 243 g/mol. The molecule has 0 radical (unpaired) electrons. The van der Waals surface area contributed by atoms with E-state index in [1.165, 1.54) is 6.07 Å². The molecule has 0 saturated carbocycles. The summed E-state index contributed by atoms with van der Waals surface area (Å²) in [6.45, 7) is 0. The van der Waals surface area contributed by atoms with Crippen molar-refractivity contribution in [2.24, 2.45) is 0 Å². The zero-order valence-corrected chi connectivity index (χ0v) is 8.42. The Kier molecular flexibility index (Phi) is 2.41. The van der Waals surface area contributed by atoms with Crippen molar-refractivity contribution in [1.82, 2.24) is 15.2 Å². The largest absolute Gasteiger partial charge is 0.416 e. The fourth-order valence-electron chi connectivity index (χ4n) is 1.36. The second kappa shape index (κ2) is 3.65. The molecule has 2 aromatic rings. The van der Waals surface area contributed by atoms with Crippen LogP contribution in [-0.2, 0) is 6.18 Å². The number of H-pyrrole nitrogens is 1. The highest BCUT2D eigenvalue weighted by molar-refractivity contribution is 5.63. The molecule has 90 valence electrons. The molecule has 0 unspecified atom stereocenters. The topological polar surface area (TPSA) is 93.6 Å². The number of aromatic nitrogens is 3. The molecular formula is C9H8F3N5. The van der Waals surface area contributed by atoms with Crippen LogP contribution in [-0.4, -0.2) is 15.2 Å². The number of anilines is 2. The van der Waals surface area contributed by atoms with Crippen molar-refractivity contribution in [2.75, 3.05) is 11.5 Å². The van der Waals surface area contributed by atoms with Gasteiger partial charge in [-0.1, -0.05) is 0 Å². The van der Waals surface area contributed by atoms with Gasteiger partial charge in [0.05, 0.1) is 5.56 Å². The van der Waals surface area contributed by atoms with E-state index in [0.29, 0.717) is 0 Å². The van der Waals surface area contributed by atoms with Gasteiger partial charge < -0.3 is 11.5 Å². The summed E-state index contributed by atoms with van der Waals surface area (Å²) in [4.78, 5) is 3.73. The summed E-state index contributed by atoms with van der Waals surface area (Å²) in [7, 11) is 0. The normalized spacial score (nSPS) is 11.7. The van der Waals surface area contributed by atoms with Crippen molar-refractivity contribution in [3.05, 3.63) is 23.8 Å². The molecule has 5 nitrogen and oxygen atoms in total. The fraction of sp³-hybridized carbons (Fsp3) is 0.111. The van der Waals surface area contributed by atoms with Gasteiger partial charge in [0.25, 0.3) is 0 Å². The van der Waals surface area contributed by atoms with Crippen molar-refractivity contribution in [3.8, 4) is 11.4 Å². The van der Waals surface area contributed by atoms with Crippen LogP contribution in [0.3, 0.4) is 0 Å². The minimum absolute atomic E-state index is 0.00945. The van der Waals surface area contributed by atoms with Crippen LogP contribution < -0.4 is 11.5 Å². The van der Waals surface area contributed by atoms with E-state index in [0.717, 1.165) is 12.1 Å². The molecule has 17 heavy (non-hydrogen) atoms. The molecule has 1 aromatic carbocycles. The van der Waals surface area contributed by atoms with E-state index in [-0.39, 0.29) is 23.0 Å². The molecule has 0 atom stereocenters. The molecule has 0 spiro atoms. The summed E-state index contributed by atoms with van der Waals surface area (Å²) in [5, 5.41) is 5.95. The van der Waals surface area contributed by atoms with Crippen molar-refractivity contribution in [3.63, 3.8) is 0 Å². The number of alkyl halides is 3. The highest BCUT2D eigenvalue weighted by atomic mass is 19.4. The fourth-order valence-corrected chi connectivity index (χ4v) is 1.36. The van der Waals surface area contributed by atoms with E-state index in [9.17, 15) is 13.2 Å². The Bertz CT molecular complexity index is 546. The van der Waals surface area contributed by atoms with Crippen LogP contribution in [0.5, 0.6) is 0 Å². The highest BCUT2D eigenvalue weighted by Crippen LogP contribution is 2.33. The zero-order chi connectivity index (χ0) is 12.6. The molecule has 0 aliphatic rings. The molecule has 0 bridgehead atoms. The van der Waals surface area contributed by atoms with Gasteiger partial charge in [0.1, 0.15) is 0 Å². The monoisotopic (exact) mass is 243 g/mol. The van der Waals surface area contributed by atoms with Crippen molar-refractivity contribution < 1.29 is 13.2 Å². The Morgan fingerprint density at radius 3 is 2.35 bits per heavy atom. The molecule has 0 fully saturated rings. The van der Waals surface area contributed by atoms with Gasteiger partial charge in [0.2, 0.25) is 5.95 Å². The summed E-state index contributed by atoms with van der Waals surface area (Å²) in [5.74, 6) is 0.0938. The van der Waals surface area contributed by atoms with E-state index in [1.807, 2.05) is 0 Å². The molecule has 0 aliphatic carbocycles. The Labute approximate surface area is 93.6 Å². The number of nitrogens with zero attached hydrogens (tertiary/aromatic N) is 2. The van der Waals surface area contributed by atoms with E-state index < -0.39 is 11.7 Å². The number of halogens is 3. The summed E-state index contributed by atoms with van der Waals surface area (Å²) < 4.78 is 37.6. The number of nitrogens with two attached hydrogens (primary N) is 2. The number of hydrogen-bond acceptors (Lipinski definition) is 4. The second-order valence-electron chi connectivity index (χ2n) is 3.38. The van der Waals surface area contributed by atoms with Gasteiger partial charge in [-0.05, 0) is 18.2 Å². The number of hydrogen-bond donors (Lipinski definition) is 3. The standard InChI is InChI=1S/C9H8F3N5/c10-9(11,12)5-1-4(2-6(13)3-5)7-15-8(14)17-16-7/h1-3H,13H2,(H3,14,15,16,17). The summed E-state index contributed by atoms with van der Waals surface area (Å²) in [6, 6.07) is 3.13. The van der Waals surface area contributed by atoms with Gasteiger partial charge in [-0.25, -0.2) is 0 Å². The lowest BCUT2D eigenvalue weighted by atomic mass is 10.1. The van der Waals surface area contributed by atoms with Gasteiger partial charge in [-0.2, -0.15) is 18.2 Å². The van der Waals surface area contributed by atoms with Crippen LogP contribution in [0.2, 0.25) is 0 Å². The summed E-state index contributed by atoms with van der Waals surface area (Å²) in [5.41, 5.74) is 10.0. The Morgan fingerprint density at radius 2 is 1.82 bits per heavy atom. The van der Waals surface area contributed by atoms with Crippen LogP contribution in [0.15, 0.2) is 18.2 Å².